The summed E-state index contributed by atoms with van der Waals surface area (Å²) in [6.45, 7) is 7.84. The molecule has 11 heteroatoms. The Morgan fingerprint density at radius 3 is 2.74 bits per heavy atom. The normalized spacial score (nSPS) is 11.8. The number of ether oxygens (including phenoxy) is 2. The van der Waals surface area contributed by atoms with E-state index in [1.165, 1.54) is 23.1 Å². The predicted molar refractivity (Wildman–Crippen MR) is 135 cm³/mol. The molecule has 0 aliphatic carbocycles. The summed E-state index contributed by atoms with van der Waals surface area (Å²) in [5, 5.41) is 12.8. The molecule has 0 saturated heterocycles. The molecule has 1 unspecified atom stereocenters. The van der Waals surface area contributed by atoms with E-state index in [0.29, 0.717) is 32.3 Å². The van der Waals surface area contributed by atoms with Crippen LogP contribution in [0.5, 0.6) is 5.75 Å². The molecular weight excluding hydrogens is 496 g/mol. The Bertz CT molecular complexity index is 1180. The van der Waals surface area contributed by atoms with E-state index in [4.69, 9.17) is 21.1 Å². The van der Waals surface area contributed by atoms with Crippen molar-refractivity contribution in [1.82, 2.24) is 14.8 Å². The van der Waals surface area contributed by atoms with Crippen molar-refractivity contribution in [2.45, 2.75) is 45.4 Å². The van der Waals surface area contributed by atoms with Gasteiger partial charge in [-0.25, -0.2) is 4.79 Å². The molecule has 2 heterocycles. The molecule has 0 spiro atoms. The van der Waals surface area contributed by atoms with Crippen molar-refractivity contribution in [2.24, 2.45) is 7.05 Å². The third-order valence-corrected chi connectivity index (χ3v) is 7.36. The first-order valence-corrected chi connectivity index (χ1v) is 13.0. The zero-order chi connectivity index (χ0) is 24.8. The van der Waals surface area contributed by atoms with Gasteiger partial charge in [-0.2, -0.15) is 0 Å². The molecular formula is C23H27ClN4O4S2. The zero-order valence-corrected chi connectivity index (χ0v) is 22.1. The summed E-state index contributed by atoms with van der Waals surface area (Å²) >= 11 is 8.86. The Hall–Kier alpha value is -2.56. The van der Waals surface area contributed by atoms with Gasteiger partial charge in [0.25, 0.3) is 0 Å². The molecule has 34 heavy (non-hydrogen) atoms. The Morgan fingerprint density at radius 2 is 2.03 bits per heavy atom. The molecule has 0 fully saturated rings. The van der Waals surface area contributed by atoms with Gasteiger partial charge in [0.1, 0.15) is 10.8 Å². The van der Waals surface area contributed by atoms with Gasteiger partial charge < -0.3 is 19.4 Å². The van der Waals surface area contributed by atoms with Crippen molar-refractivity contribution >= 4 is 51.6 Å². The Labute approximate surface area is 212 Å². The van der Waals surface area contributed by atoms with E-state index in [1.807, 2.05) is 40.0 Å². The van der Waals surface area contributed by atoms with Crippen molar-refractivity contribution in [3.05, 3.63) is 51.1 Å². The van der Waals surface area contributed by atoms with E-state index < -0.39 is 12.1 Å². The number of hydrogen-bond acceptors (Lipinski definition) is 8. The van der Waals surface area contributed by atoms with Gasteiger partial charge in [0.2, 0.25) is 5.91 Å². The lowest BCUT2D eigenvalue weighted by Gasteiger charge is -2.15. The van der Waals surface area contributed by atoms with E-state index in [-0.39, 0.29) is 18.3 Å². The minimum absolute atomic E-state index is 0.104. The Kier molecular flexibility index (Phi) is 8.98. The van der Waals surface area contributed by atoms with Gasteiger partial charge in [-0.1, -0.05) is 36.4 Å². The number of esters is 1. The average Bonchev–Trinajstić information content (AvgIpc) is 3.38. The molecule has 8 nitrogen and oxygen atoms in total. The van der Waals surface area contributed by atoms with Crippen molar-refractivity contribution < 1.29 is 19.1 Å². The quantitative estimate of drug-likeness (QED) is 0.279. The summed E-state index contributed by atoms with van der Waals surface area (Å²) in [6, 6.07) is 7.34. The Morgan fingerprint density at radius 1 is 1.26 bits per heavy atom. The van der Waals surface area contributed by atoms with Crippen molar-refractivity contribution in [3.63, 3.8) is 0 Å². The third kappa shape index (κ3) is 6.31. The summed E-state index contributed by atoms with van der Waals surface area (Å²) in [6.07, 6.45) is 0.364. The smallest absolute Gasteiger partial charge is 0.341 e. The first-order valence-electron chi connectivity index (χ1n) is 10.8. The van der Waals surface area contributed by atoms with Crippen LogP contribution in [0.2, 0.25) is 5.02 Å². The zero-order valence-electron chi connectivity index (χ0n) is 19.7. The number of aryl methyl sites for hydroxylation is 2. The summed E-state index contributed by atoms with van der Waals surface area (Å²) in [5.74, 6) is 0.593. The van der Waals surface area contributed by atoms with E-state index in [2.05, 4.69) is 15.5 Å². The van der Waals surface area contributed by atoms with Gasteiger partial charge in [0.15, 0.2) is 17.1 Å². The highest BCUT2D eigenvalue weighted by Gasteiger charge is 2.21. The number of nitrogens with one attached hydrogen (secondary N) is 1. The van der Waals surface area contributed by atoms with Crippen LogP contribution >= 0.6 is 34.7 Å². The van der Waals surface area contributed by atoms with Crippen LogP contribution in [-0.4, -0.2) is 39.0 Å². The minimum atomic E-state index is -0.443. The van der Waals surface area contributed by atoms with E-state index in [1.54, 1.807) is 23.6 Å². The van der Waals surface area contributed by atoms with Crippen LogP contribution in [0, 0.1) is 6.92 Å². The van der Waals surface area contributed by atoms with Gasteiger partial charge >= 0.3 is 5.97 Å². The highest BCUT2D eigenvalue weighted by molar-refractivity contribution is 7.99. The molecule has 3 rings (SSSR count). The standard InChI is InChI=1S/C23H27ClN4O4S2/c1-6-15-11-16(22(30)31-7-2)21(34-15)25-19(29)12-33-23-27-26-20(28(23)5)14(4)32-18-10-13(3)8-9-17(18)24/h8-11,14H,6-7,12H2,1-5H3,(H,25,29). The highest BCUT2D eigenvalue weighted by Crippen LogP contribution is 2.31. The van der Waals surface area contributed by atoms with Gasteiger partial charge in [-0.3, -0.25) is 4.79 Å². The second kappa shape index (κ2) is 11.7. The first kappa shape index (κ1) is 26.1. The average molecular weight is 523 g/mol. The molecule has 0 saturated carbocycles. The second-order valence-electron chi connectivity index (χ2n) is 7.46. The number of benzene rings is 1. The number of amides is 1. The second-order valence-corrected chi connectivity index (χ2v) is 9.95. The molecule has 1 atom stereocenters. The Balaban J connectivity index is 1.63. The van der Waals surface area contributed by atoms with Gasteiger partial charge in [-0.05, 0) is 51.0 Å². The van der Waals surface area contributed by atoms with E-state index in [0.717, 1.165) is 16.9 Å². The van der Waals surface area contributed by atoms with E-state index in [9.17, 15) is 9.59 Å². The topological polar surface area (TPSA) is 95.3 Å². The maximum atomic E-state index is 12.6. The maximum Gasteiger partial charge on any atom is 0.341 e. The summed E-state index contributed by atoms with van der Waals surface area (Å²) in [5.41, 5.74) is 1.42. The van der Waals surface area contributed by atoms with Crippen molar-refractivity contribution in [2.75, 3.05) is 17.7 Å². The largest absolute Gasteiger partial charge is 0.481 e. The fourth-order valence-electron chi connectivity index (χ4n) is 3.11. The molecule has 0 aliphatic heterocycles. The van der Waals surface area contributed by atoms with Crippen LogP contribution in [0.3, 0.4) is 0 Å². The first-order chi connectivity index (χ1) is 16.2. The number of carbonyl (C=O) groups excluding carboxylic acids is 2. The maximum absolute atomic E-state index is 12.6. The summed E-state index contributed by atoms with van der Waals surface area (Å²) < 4.78 is 12.9. The number of rotatable bonds is 10. The molecule has 0 aliphatic rings. The molecule has 182 valence electrons. The van der Waals surface area contributed by atoms with Crippen LogP contribution in [0.15, 0.2) is 29.4 Å². The van der Waals surface area contributed by atoms with Crippen LogP contribution in [0.1, 0.15) is 53.5 Å². The lowest BCUT2D eigenvalue weighted by atomic mass is 10.2. The molecule has 1 amide bonds. The number of thiophene rings is 1. The number of thioether (sulfide) groups is 1. The van der Waals surface area contributed by atoms with Crippen LogP contribution < -0.4 is 10.1 Å². The van der Waals surface area contributed by atoms with Crippen LogP contribution in [0.25, 0.3) is 0 Å². The number of nitrogens with zero attached hydrogens (tertiary/aromatic N) is 3. The SMILES string of the molecule is CCOC(=O)c1cc(CC)sc1NC(=O)CSc1nnc(C(C)Oc2cc(C)ccc2Cl)n1C. The highest BCUT2D eigenvalue weighted by atomic mass is 35.5. The number of carbonyl (C=O) groups is 2. The number of aromatic nitrogens is 3. The monoisotopic (exact) mass is 522 g/mol. The molecule has 0 radical (unpaired) electrons. The molecule has 3 aromatic rings. The number of anilines is 1. The molecule has 1 aromatic carbocycles. The van der Waals surface area contributed by atoms with Crippen molar-refractivity contribution in [3.8, 4) is 5.75 Å². The van der Waals surface area contributed by atoms with Crippen LogP contribution in [-0.2, 0) is 23.0 Å². The number of hydrogen-bond donors (Lipinski definition) is 1. The lowest BCUT2D eigenvalue weighted by Crippen LogP contribution is -2.16. The van der Waals surface area contributed by atoms with Gasteiger partial charge in [0, 0.05) is 11.9 Å². The predicted octanol–water partition coefficient (Wildman–Crippen LogP) is 5.45. The fourth-order valence-corrected chi connectivity index (χ4v) is 4.99. The van der Waals surface area contributed by atoms with Crippen molar-refractivity contribution in [1.29, 1.82) is 0 Å². The molecule has 0 bridgehead atoms. The third-order valence-electron chi connectivity index (χ3n) is 4.83. The molecule has 2 aromatic heterocycles. The van der Waals surface area contributed by atoms with Gasteiger partial charge in [-0.15, -0.1) is 21.5 Å². The van der Waals surface area contributed by atoms with Crippen LogP contribution in [0.4, 0.5) is 5.00 Å². The number of halogens is 1. The summed E-state index contributed by atoms with van der Waals surface area (Å²) in [4.78, 5) is 25.8. The molecule has 1 N–H and O–H groups in total. The summed E-state index contributed by atoms with van der Waals surface area (Å²) in [7, 11) is 1.82. The minimum Gasteiger partial charge on any atom is -0.481 e. The fraction of sp³-hybridized carbons (Fsp3) is 0.391. The lowest BCUT2D eigenvalue weighted by molar-refractivity contribution is -0.113. The van der Waals surface area contributed by atoms with E-state index >= 15 is 0 Å². The van der Waals surface area contributed by atoms with Gasteiger partial charge in [0.05, 0.1) is 22.9 Å².